The van der Waals surface area contributed by atoms with Gasteiger partial charge in [0.05, 0.1) is 24.7 Å². The summed E-state index contributed by atoms with van der Waals surface area (Å²) in [6.07, 6.45) is 1.74. The second-order valence-electron chi connectivity index (χ2n) is 7.66. The van der Waals surface area contributed by atoms with Gasteiger partial charge in [-0.15, -0.1) is 0 Å². The minimum Gasteiger partial charge on any atom is -0.504 e. The Bertz CT molecular complexity index is 1270. The molecule has 4 aromatic rings. The van der Waals surface area contributed by atoms with Crippen LogP contribution in [-0.2, 0) is 0 Å². The molecule has 1 amide bonds. The maximum absolute atomic E-state index is 12.5. The van der Waals surface area contributed by atoms with E-state index in [4.69, 9.17) is 9.84 Å². The highest BCUT2D eigenvalue weighted by atomic mass is 16.5. The molecule has 8 heteroatoms. The molecule has 0 bridgehead atoms. The van der Waals surface area contributed by atoms with Crippen molar-refractivity contribution in [2.75, 3.05) is 34.3 Å². The first kappa shape index (κ1) is 21.3. The Balaban J connectivity index is 1.67. The van der Waals surface area contributed by atoms with Crippen molar-refractivity contribution in [3.8, 4) is 34.0 Å². The Hall–Kier alpha value is -3.91. The summed E-state index contributed by atoms with van der Waals surface area (Å²) < 4.78 is 6.96. The normalized spacial score (nSPS) is 11.1. The molecule has 0 aliphatic rings. The quantitative estimate of drug-likeness (QED) is 0.467. The third-order valence-corrected chi connectivity index (χ3v) is 5.10. The van der Waals surface area contributed by atoms with E-state index < -0.39 is 0 Å². The second kappa shape index (κ2) is 9.07. The number of nitrogens with one attached hydrogen (secondary N) is 1. The molecule has 2 heterocycles. The molecule has 0 unspecified atom stereocenters. The number of ether oxygens (including phenoxy) is 1. The molecule has 2 N–H and O–H groups in total. The molecule has 0 spiro atoms. The number of rotatable bonds is 7. The number of methoxy groups -OCH3 is 1. The van der Waals surface area contributed by atoms with Crippen molar-refractivity contribution in [2.45, 2.75) is 0 Å². The summed E-state index contributed by atoms with van der Waals surface area (Å²) in [4.78, 5) is 19.0. The predicted molar refractivity (Wildman–Crippen MR) is 123 cm³/mol. The lowest BCUT2D eigenvalue weighted by Gasteiger charge is -2.11. The average Bonchev–Trinajstić information content (AvgIpc) is 3.22. The first-order valence-electron chi connectivity index (χ1n) is 10.2. The number of carbonyl (C=O) groups excluding carboxylic acids is 1. The van der Waals surface area contributed by atoms with E-state index in [-0.39, 0.29) is 11.7 Å². The molecule has 164 valence electrons. The summed E-state index contributed by atoms with van der Waals surface area (Å²) >= 11 is 0. The highest BCUT2D eigenvalue weighted by Gasteiger charge is 2.13. The molecule has 0 atom stereocenters. The first-order chi connectivity index (χ1) is 15.5. The fraction of sp³-hybridized carbons (Fsp3) is 0.208. The van der Waals surface area contributed by atoms with E-state index in [0.717, 1.165) is 23.4 Å². The van der Waals surface area contributed by atoms with Gasteiger partial charge in [-0.1, -0.05) is 12.1 Å². The van der Waals surface area contributed by atoms with Crippen LogP contribution < -0.4 is 10.1 Å². The number of phenols is 1. The number of hydrogen-bond donors (Lipinski definition) is 2. The second-order valence-corrected chi connectivity index (χ2v) is 7.66. The maximum atomic E-state index is 12.5. The monoisotopic (exact) mass is 431 g/mol. The molecular formula is C24H25N5O3. The number of nitrogens with zero attached hydrogens (tertiary/aromatic N) is 4. The van der Waals surface area contributed by atoms with Gasteiger partial charge in [0.1, 0.15) is 0 Å². The number of benzene rings is 2. The van der Waals surface area contributed by atoms with Gasteiger partial charge in [0.25, 0.3) is 5.91 Å². The molecule has 0 saturated heterocycles. The van der Waals surface area contributed by atoms with E-state index in [1.165, 1.54) is 7.11 Å². The Labute approximate surface area is 186 Å². The van der Waals surface area contributed by atoms with Crippen molar-refractivity contribution in [1.29, 1.82) is 0 Å². The van der Waals surface area contributed by atoms with Gasteiger partial charge in [0, 0.05) is 29.8 Å². The molecule has 2 aromatic heterocycles. The number of imidazole rings is 1. The van der Waals surface area contributed by atoms with Crippen LogP contribution in [0.15, 0.2) is 60.8 Å². The Morgan fingerprint density at radius 3 is 2.75 bits per heavy atom. The Morgan fingerprint density at radius 1 is 1.12 bits per heavy atom. The molecule has 0 radical (unpaired) electrons. The minimum atomic E-state index is -0.118. The molecule has 8 nitrogen and oxygen atoms in total. The van der Waals surface area contributed by atoms with Gasteiger partial charge in [0.2, 0.25) is 0 Å². The van der Waals surface area contributed by atoms with Gasteiger partial charge in [-0.3, -0.25) is 4.79 Å². The fourth-order valence-electron chi connectivity index (χ4n) is 3.38. The number of aromatic nitrogens is 3. The fourth-order valence-corrected chi connectivity index (χ4v) is 3.38. The largest absolute Gasteiger partial charge is 0.504 e. The van der Waals surface area contributed by atoms with E-state index in [1.54, 1.807) is 35.0 Å². The maximum Gasteiger partial charge on any atom is 0.251 e. The number of aromatic hydroxyl groups is 1. The molecule has 0 fully saturated rings. The summed E-state index contributed by atoms with van der Waals surface area (Å²) in [7, 11) is 5.44. The lowest BCUT2D eigenvalue weighted by molar-refractivity contribution is 0.0951. The van der Waals surface area contributed by atoms with Crippen LogP contribution in [0.5, 0.6) is 11.5 Å². The lowest BCUT2D eigenvalue weighted by Crippen LogP contribution is -2.31. The lowest BCUT2D eigenvalue weighted by atomic mass is 10.1. The van der Waals surface area contributed by atoms with Crippen LogP contribution in [0.2, 0.25) is 0 Å². The zero-order valence-electron chi connectivity index (χ0n) is 18.2. The van der Waals surface area contributed by atoms with E-state index in [1.807, 2.05) is 49.3 Å². The molecule has 0 aliphatic carbocycles. The van der Waals surface area contributed by atoms with Crippen LogP contribution in [-0.4, -0.2) is 64.8 Å². The molecule has 2 aromatic carbocycles. The Morgan fingerprint density at radius 2 is 1.97 bits per heavy atom. The SMILES string of the molecule is COc1cc(-c2ccc3ncc(-c4cccc(C(=O)NCCN(C)C)c4)n3n2)ccc1O. The van der Waals surface area contributed by atoms with Gasteiger partial charge < -0.3 is 20.1 Å². The van der Waals surface area contributed by atoms with Crippen molar-refractivity contribution in [3.63, 3.8) is 0 Å². The summed E-state index contributed by atoms with van der Waals surface area (Å²) in [5.41, 5.74) is 4.38. The molecule has 0 saturated carbocycles. The number of amides is 1. The highest BCUT2D eigenvalue weighted by Crippen LogP contribution is 2.31. The van der Waals surface area contributed by atoms with Crippen LogP contribution in [0.1, 0.15) is 10.4 Å². The van der Waals surface area contributed by atoms with Gasteiger partial charge in [0.15, 0.2) is 17.1 Å². The van der Waals surface area contributed by atoms with Crippen molar-refractivity contribution < 1.29 is 14.6 Å². The van der Waals surface area contributed by atoms with Crippen molar-refractivity contribution in [3.05, 3.63) is 66.4 Å². The summed E-state index contributed by atoms with van der Waals surface area (Å²) in [5.74, 6) is 0.330. The molecule has 0 aliphatic heterocycles. The van der Waals surface area contributed by atoms with Crippen molar-refractivity contribution in [1.82, 2.24) is 24.8 Å². The van der Waals surface area contributed by atoms with Crippen molar-refractivity contribution >= 4 is 11.6 Å². The summed E-state index contributed by atoms with van der Waals surface area (Å²) in [6, 6.07) is 16.2. The van der Waals surface area contributed by atoms with E-state index >= 15 is 0 Å². The number of phenolic OH excluding ortho intramolecular Hbond substituents is 1. The van der Waals surface area contributed by atoms with Crippen LogP contribution >= 0.6 is 0 Å². The molecular weight excluding hydrogens is 406 g/mol. The number of hydrogen-bond acceptors (Lipinski definition) is 6. The smallest absolute Gasteiger partial charge is 0.251 e. The van der Waals surface area contributed by atoms with Gasteiger partial charge in [-0.2, -0.15) is 5.10 Å². The van der Waals surface area contributed by atoms with Crippen LogP contribution in [0.25, 0.3) is 28.2 Å². The Kier molecular flexibility index (Phi) is 6.04. The third kappa shape index (κ3) is 4.40. The zero-order valence-corrected chi connectivity index (χ0v) is 18.2. The number of carbonyl (C=O) groups is 1. The van der Waals surface area contributed by atoms with Crippen LogP contribution in [0.4, 0.5) is 0 Å². The van der Waals surface area contributed by atoms with Crippen LogP contribution in [0, 0.1) is 0 Å². The number of likely N-dealkylation sites (N-methyl/N-ethyl adjacent to an activating group) is 1. The molecule has 4 rings (SSSR count). The molecule has 32 heavy (non-hydrogen) atoms. The standard InChI is InChI=1S/C24H25N5O3/c1-28(2)12-11-25-24(31)18-6-4-5-17(13-18)20-15-26-23-10-8-19(27-29(20)23)16-7-9-21(30)22(14-16)32-3/h4-10,13-15,30H,11-12H2,1-3H3,(H,25,31). The van der Waals surface area contributed by atoms with Gasteiger partial charge in [-0.25, -0.2) is 9.50 Å². The average molecular weight is 431 g/mol. The van der Waals surface area contributed by atoms with E-state index in [9.17, 15) is 9.90 Å². The van der Waals surface area contributed by atoms with Gasteiger partial charge in [-0.05, 0) is 56.6 Å². The van der Waals surface area contributed by atoms with Crippen LogP contribution in [0.3, 0.4) is 0 Å². The third-order valence-electron chi connectivity index (χ3n) is 5.10. The van der Waals surface area contributed by atoms with E-state index in [0.29, 0.717) is 29.2 Å². The van der Waals surface area contributed by atoms with Gasteiger partial charge >= 0.3 is 0 Å². The summed E-state index contributed by atoms with van der Waals surface area (Å²) in [5, 5.41) is 17.5. The first-order valence-corrected chi connectivity index (χ1v) is 10.2. The van der Waals surface area contributed by atoms with E-state index in [2.05, 4.69) is 10.3 Å². The summed E-state index contributed by atoms with van der Waals surface area (Å²) in [6.45, 7) is 1.35. The predicted octanol–water partition coefficient (Wildman–Crippen LogP) is 3.07. The highest BCUT2D eigenvalue weighted by molar-refractivity contribution is 5.95. The zero-order chi connectivity index (χ0) is 22.7. The minimum absolute atomic E-state index is 0.0707. The number of fused-ring (bicyclic) bond motifs is 1. The van der Waals surface area contributed by atoms with Crippen molar-refractivity contribution in [2.24, 2.45) is 0 Å². The topological polar surface area (TPSA) is 92.0 Å².